The Labute approximate surface area is 93.2 Å². The normalized spacial score (nSPS) is 7.36. The third-order valence-corrected chi connectivity index (χ3v) is 2.16. The van der Waals surface area contributed by atoms with Crippen LogP contribution in [-0.4, -0.2) is 3.94 Å². The van der Waals surface area contributed by atoms with Crippen LogP contribution in [0.3, 0.4) is 0 Å². The molecule has 64 valence electrons. The molecule has 0 atom stereocenters. The molecule has 0 heterocycles. The first-order chi connectivity index (χ1) is 4.43. The first kappa shape index (κ1) is 14.2. The fraction of sp³-hybridized carbons (Fsp3) is 0. The number of rotatable bonds is 2. The Morgan fingerprint density at radius 1 is 1.09 bits per heavy atom. The maximum atomic E-state index is 2.48. The second-order valence-electron chi connectivity index (χ2n) is 1.51. The predicted molar refractivity (Wildman–Crippen MR) is 52.9 cm³/mol. The molecule has 0 aliphatic heterocycles. The summed E-state index contributed by atoms with van der Waals surface area (Å²) in [5.74, 6) is 0. The molecule has 0 aromatic heterocycles. The number of benzene rings is 1. The molecule has 0 aliphatic carbocycles. The van der Waals surface area contributed by atoms with Gasteiger partial charge in [-0.1, -0.05) is 0 Å². The second-order valence-corrected chi connectivity index (χ2v) is 3.62. The van der Waals surface area contributed by atoms with Crippen LogP contribution >= 0.6 is 36.6 Å². The summed E-state index contributed by atoms with van der Waals surface area (Å²) in [5, 5.41) is 0. The van der Waals surface area contributed by atoms with Crippen LogP contribution in [0, 0.1) is 0 Å². The monoisotopic (exact) mass is 296 g/mol. The van der Waals surface area contributed by atoms with Crippen LogP contribution in [0.2, 0.25) is 0 Å². The number of hydrogen-bond acceptors (Lipinski definition) is 1. The molecule has 0 unspecified atom stereocenters. The molecule has 0 radical (unpaired) electrons. The zero-order valence-corrected chi connectivity index (χ0v) is 9.73. The van der Waals surface area contributed by atoms with Crippen molar-refractivity contribution in [3.05, 3.63) is 30.3 Å². The molecular weight excluding hydrogens is 288 g/mol. The Bertz CT molecular complexity index is 191. The zero-order chi connectivity index (χ0) is 6.53. The van der Waals surface area contributed by atoms with Gasteiger partial charge in [0.15, 0.2) is 0 Å². The van der Waals surface area contributed by atoms with E-state index in [1.54, 1.807) is 11.8 Å². The summed E-state index contributed by atoms with van der Waals surface area (Å²) in [7, 11) is 0. The van der Waals surface area contributed by atoms with E-state index in [0.717, 1.165) is 0 Å². The van der Waals surface area contributed by atoms with Crippen LogP contribution in [0.4, 0.5) is 0 Å². The van der Waals surface area contributed by atoms with Gasteiger partial charge in [-0.2, -0.15) is 0 Å². The Kier molecular flexibility index (Phi) is 11.3. The average Bonchev–Trinajstić information content (AvgIpc) is 1.91. The van der Waals surface area contributed by atoms with Crippen LogP contribution in [-0.2, 0) is 17.9 Å². The fourth-order valence-corrected chi connectivity index (χ4v) is 1.67. The SMILES string of the molecule is Cl.Cl.[Ru]=[CH]Sc1ccccc1. The maximum absolute atomic E-state index is 2.48. The van der Waals surface area contributed by atoms with Crippen molar-refractivity contribution in [1.29, 1.82) is 0 Å². The molecule has 0 saturated carbocycles. The van der Waals surface area contributed by atoms with Crippen molar-refractivity contribution in [3.8, 4) is 0 Å². The number of halogens is 2. The van der Waals surface area contributed by atoms with Crippen LogP contribution in [0.5, 0.6) is 0 Å². The molecule has 0 spiro atoms. The van der Waals surface area contributed by atoms with Gasteiger partial charge in [0.2, 0.25) is 0 Å². The Hall–Kier alpha value is 0.643. The van der Waals surface area contributed by atoms with Gasteiger partial charge in [-0.05, 0) is 0 Å². The van der Waals surface area contributed by atoms with Crippen molar-refractivity contribution in [2.45, 2.75) is 4.90 Å². The zero-order valence-electron chi connectivity index (χ0n) is 5.54. The third kappa shape index (κ3) is 5.87. The van der Waals surface area contributed by atoms with Gasteiger partial charge >= 0.3 is 68.8 Å². The molecule has 0 saturated heterocycles. The standard InChI is InChI=1S/C7H6S.2ClH.Ru/c1-8-7-5-3-2-4-6-7;;;/h1-6H;2*1H;. The van der Waals surface area contributed by atoms with Gasteiger partial charge in [0.25, 0.3) is 0 Å². The molecule has 4 heteroatoms. The van der Waals surface area contributed by atoms with E-state index in [2.05, 4.69) is 30.0 Å². The molecule has 0 amide bonds. The minimum atomic E-state index is 0. The average molecular weight is 296 g/mol. The summed E-state index contributed by atoms with van der Waals surface area (Å²) < 4.78 is 2.01. The van der Waals surface area contributed by atoms with E-state index in [4.69, 9.17) is 0 Å². The van der Waals surface area contributed by atoms with Crippen LogP contribution in [0.25, 0.3) is 0 Å². The first-order valence-electron chi connectivity index (χ1n) is 2.55. The van der Waals surface area contributed by atoms with Gasteiger partial charge in [-0.25, -0.2) is 0 Å². The quantitative estimate of drug-likeness (QED) is 0.597. The molecule has 0 aliphatic rings. The van der Waals surface area contributed by atoms with Crippen molar-refractivity contribution >= 4 is 40.5 Å². The van der Waals surface area contributed by atoms with Crippen molar-refractivity contribution in [3.63, 3.8) is 0 Å². The van der Waals surface area contributed by atoms with E-state index in [-0.39, 0.29) is 24.8 Å². The van der Waals surface area contributed by atoms with Crippen molar-refractivity contribution in [1.82, 2.24) is 0 Å². The van der Waals surface area contributed by atoms with Crippen molar-refractivity contribution < 1.29 is 17.9 Å². The summed E-state index contributed by atoms with van der Waals surface area (Å²) >= 11 is 4.20. The van der Waals surface area contributed by atoms with Crippen molar-refractivity contribution in [2.75, 3.05) is 0 Å². The molecule has 1 aromatic rings. The van der Waals surface area contributed by atoms with Crippen LogP contribution in [0.1, 0.15) is 0 Å². The molecule has 0 bridgehead atoms. The molecule has 1 rings (SSSR count). The van der Waals surface area contributed by atoms with E-state index >= 15 is 0 Å². The molecule has 1 aromatic carbocycles. The first-order valence-corrected chi connectivity index (χ1v) is 4.44. The topological polar surface area (TPSA) is 0 Å². The predicted octanol–water partition coefficient (Wildman–Crippen LogP) is 2.93. The molecule has 11 heavy (non-hydrogen) atoms. The molecular formula is C7H8Cl2RuS. The van der Waals surface area contributed by atoms with E-state index in [9.17, 15) is 0 Å². The van der Waals surface area contributed by atoms with Crippen molar-refractivity contribution in [2.24, 2.45) is 0 Å². The van der Waals surface area contributed by atoms with Gasteiger partial charge in [-0.3, -0.25) is 0 Å². The third-order valence-electron chi connectivity index (χ3n) is 0.921. The van der Waals surface area contributed by atoms with Gasteiger partial charge in [0, 0.05) is 0 Å². The van der Waals surface area contributed by atoms with Crippen LogP contribution in [0.15, 0.2) is 35.2 Å². The van der Waals surface area contributed by atoms with Gasteiger partial charge in [-0.15, -0.1) is 24.8 Å². The van der Waals surface area contributed by atoms with Gasteiger partial charge in [0.1, 0.15) is 0 Å². The molecule has 0 fully saturated rings. The van der Waals surface area contributed by atoms with E-state index in [1.807, 2.05) is 22.1 Å². The van der Waals surface area contributed by atoms with Crippen LogP contribution < -0.4 is 0 Å². The molecule has 0 N–H and O–H groups in total. The summed E-state index contributed by atoms with van der Waals surface area (Å²) in [4.78, 5) is 1.29. The van der Waals surface area contributed by atoms with Gasteiger partial charge < -0.3 is 0 Å². The Morgan fingerprint density at radius 2 is 1.64 bits per heavy atom. The summed E-state index contributed by atoms with van der Waals surface area (Å²) in [6.45, 7) is 0. The van der Waals surface area contributed by atoms with Gasteiger partial charge in [0.05, 0.1) is 0 Å². The molecule has 0 nitrogen and oxygen atoms in total. The fourth-order valence-electron chi connectivity index (χ4n) is 0.547. The summed E-state index contributed by atoms with van der Waals surface area (Å²) in [6.07, 6.45) is 0. The Balaban J connectivity index is 0. The summed E-state index contributed by atoms with van der Waals surface area (Å²) in [6, 6.07) is 10.3. The Morgan fingerprint density at radius 3 is 2.09 bits per heavy atom. The van der Waals surface area contributed by atoms with E-state index < -0.39 is 0 Å². The minimum absolute atomic E-state index is 0. The number of hydrogen-bond donors (Lipinski definition) is 0. The van der Waals surface area contributed by atoms with E-state index in [0.29, 0.717) is 0 Å². The van der Waals surface area contributed by atoms with E-state index in [1.165, 1.54) is 4.90 Å². The summed E-state index contributed by atoms with van der Waals surface area (Å²) in [5.41, 5.74) is 0. The second kappa shape index (κ2) is 8.74. The number of thioether (sulfide) groups is 1.